The monoisotopic (exact) mass is 463 g/mol. The quantitative estimate of drug-likeness (QED) is 0.254. The molecule has 2 fully saturated rings. The van der Waals surface area contributed by atoms with Crippen molar-refractivity contribution in [1.82, 2.24) is 20.4 Å². The van der Waals surface area contributed by atoms with Crippen molar-refractivity contribution in [3.8, 4) is 0 Å². The van der Waals surface area contributed by atoms with E-state index in [0.29, 0.717) is 37.4 Å². The van der Waals surface area contributed by atoms with E-state index in [2.05, 4.69) is 22.2 Å². The number of likely N-dealkylation sites (N-methyl/N-ethyl adjacent to an activating group) is 1. The Kier molecular flexibility index (Phi) is 8.67. The van der Waals surface area contributed by atoms with E-state index in [1.165, 1.54) is 4.90 Å². The number of likely N-dealkylation sites (tertiary alicyclic amines) is 1. The van der Waals surface area contributed by atoms with Crippen molar-refractivity contribution in [3.05, 3.63) is 12.2 Å². The van der Waals surface area contributed by atoms with Gasteiger partial charge in [-0.15, -0.1) is 24.0 Å². The largest absolute Gasteiger partial charge is 0.356 e. The van der Waals surface area contributed by atoms with Gasteiger partial charge >= 0.3 is 0 Å². The summed E-state index contributed by atoms with van der Waals surface area (Å²) in [7, 11) is 3.42. The van der Waals surface area contributed by atoms with Crippen LogP contribution in [0.15, 0.2) is 17.1 Å². The number of rotatable bonds is 7. The first kappa shape index (κ1) is 21.7. The Morgan fingerprint density at radius 1 is 1.36 bits per heavy atom. The molecule has 1 aliphatic heterocycles. The summed E-state index contributed by atoms with van der Waals surface area (Å²) < 4.78 is 0. The van der Waals surface area contributed by atoms with Gasteiger partial charge in [-0.3, -0.25) is 9.59 Å². The second-order valence-electron chi connectivity index (χ2n) is 6.99. The molecule has 1 saturated carbocycles. The van der Waals surface area contributed by atoms with Gasteiger partial charge in [0, 0.05) is 52.1 Å². The fraction of sp³-hybridized carbons (Fsp3) is 0.706. The number of carbonyl (C=O) groups excluding carboxylic acids is 2. The lowest BCUT2D eigenvalue weighted by atomic mass is 10.1. The van der Waals surface area contributed by atoms with Gasteiger partial charge in [0.25, 0.3) is 0 Å². The lowest BCUT2D eigenvalue weighted by Gasteiger charge is -2.17. The van der Waals surface area contributed by atoms with Gasteiger partial charge in [0.1, 0.15) is 6.54 Å². The molecule has 142 valence electrons. The van der Waals surface area contributed by atoms with Gasteiger partial charge in [-0.1, -0.05) is 12.2 Å². The molecule has 7 nitrogen and oxygen atoms in total. The molecule has 0 aromatic carbocycles. The van der Waals surface area contributed by atoms with Gasteiger partial charge in [-0.05, 0) is 19.8 Å². The Morgan fingerprint density at radius 3 is 2.60 bits per heavy atom. The van der Waals surface area contributed by atoms with Gasteiger partial charge in [0.15, 0.2) is 5.96 Å². The molecule has 2 aliphatic rings. The molecular formula is C17H30IN5O2. The lowest BCUT2D eigenvalue weighted by molar-refractivity contribution is -0.128. The molecule has 0 bridgehead atoms. The molecule has 8 heteroatoms. The molecule has 2 rings (SSSR count). The number of guanidine groups is 1. The highest BCUT2D eigenvalue weighted by atomic mass is 127. The van der Waals surface area contributed by atoms with E-state index in [-0.39, 0.29) is 42.3 Å². The Labute approximate surface area is 167 Å². The summed E-state index contributed by atoms with van der Waals surface area (Å²) in [6.07, 6.45) is 2.88. The minimum atomic E-state index is -0.0534. The average molecular weight is 463 g/mol. The molecule has 1 saturated heterocycles. The minimum absolute atomic E-state index is 0. The zero-order chi connectivity index (χ0) is 17.7. The smallest absolute Gasteiger partial charge is 0.243 e. The molecular weight excluding hydrogens is 433 g/mol. The van der Waals surface area contributed by atoms with Crippen LogP contribution in [0.3, 0.4) is 0 Å². The number of nitrogens with one attached hydrogen (secondary N) is 2. The molecule has 0 spiro atoms. The summed E-state index contributed by atoms with van der Waals surface area (Å²) in [5.74, 6) is 1.09. The molecule has 2 N–H and O–H groups in total. The average Bonchev–Trinajstić information content (AvgIpc) is 3.29. The maximum absolute atomic E-state index is 12.0. The summed E-state index contributed by atoms with van der Waals surface area (Å²) in [5.41, 5.74) is 0.986. The topological polar surface area (TPSA) is 77.0 Å². The third kappa shape index (κ3) is 7.21. The zero-order valence-corrected chi connectivity index (χ0v) is 17.7. The van der Waals surface area contributed by atoms with E-state index < -0.39 is 0 Å². The van der Waals surface area contributed by atoms with Crippen molar-refractivity contribution < 1.29 is 9.59 Å². The normalized spacial score (nSPS) is 20.1. The van der Waals surface area contributed by atoms with Crippen LogP contribution in [0.25, 0.3) is 0 Å². The zero-order valence-electron chi connectivity index (χ0n) is 15.4. The first-order valence-corrected chi connectivity index (χ1v) is 8.53. The van der Waals surface area contributed by atoms with Crippen LogP contribution in [0.4, 0.5) is 0 Å². The second-order valence-corrected chi connectivity index (χ2v) is 6.99. The lowest BCUT2D eigenvalue weighted by Crippen LogP contribution is -2.41. The molecule has 0 radical (unpaired) electrons. The van der Waals surface area contributed by atoms with Crippen molar-refractivity contribution in [3.63, 3.8) is 0 Å². The predicted octanol–water partition coefficient (Wildman–Crippen LogP) is 0.815. The van der Waals surface area contributed by atoms with Gasteiger partial charge < -0.3 is 20.4 Å². The minimum Gasteiger partial charge on any atom is -0.356 e. The molecule has 1 atom stereocenters. The molecule has 0 aromatic heterocycles. The summed E-state index contributed by atoms with van der Waals surface area (Å²) in [6, 6.07) is 0.481. The Hall–Kier alpha value is -1.32. The van der Waals surface area contributed by atoms with E-state index >= 15 is 0 Å². The first-order valence-electron chi connectivity index (χ1n) is 8.53. The molecule has 1 heterocycles. The van der Waals surface area contributed by atoms with E-state index in [1.54, 1.807) is 14.1 Å². The van der Waals surface area contributed by atoms with Crippen LogP contribution in [-0.4, -0.2) is 73.9 Å². The molecule has 25 heavy (non-hydrogen) atoms. The molecule has 2 amide bonds. The van der Waals surface area contributed by atoms with Gasteiger partial charge in [-0.25, -0.2) is 4.99 Å². The number of amides is 2. The highest BCUT2D eigenvalue weighted by molar-refractivity contribution is 14.0. The number of aliphatic imine (C=N–C) groups is 1. The highest BCUT2D eigenvalue weighted by Crippen LogP contribution is 2.32. The van der Waals surface area contributed by atoms with Crippen molar-refractivity contribution >= 4 is 41.8 Å². The number of carbonyl (C=O) groups is 2. The third-order valence-electron chi connectivity index (χ3n) is 4.21. The number of halogens is 1. The van der Waals surface area contributed by atoms with Crippen LogP contribution in [0.2, 0.25) is 0 Å². The maximum atomic E-state index is 12.0. The second kappa shape index (κ2) is 9.98. The fourth-order valence-electron chi connectivity index (χ4n) is 2.62. The first-order chi connectivity index (χ1) is 11.4. The van der Waals surface area contributed by atoms with Crippen LogP contribution >= 0.6 is 24.0 Å². The fourth-order valence-corrected chi connectivity index (χ4v) is 2.62. The van der Waals surface area contributed by atoms with Gasteiger partial charge in [0.05, 0.1) is 0 Å². The highest BCUT2D eigenvalue weighted by Gasteiger charge is 2.39. The van der Waals surface area contributed by atoms with Gasteiger partial charge in [0.2, 0.25) is 11.8 Å². The van der Waals surface area contributed by atoms with E-state index in [9.17, 15) is 9.59 Å². The standard InChI is InChI=1S/C17H29N5O2.HI/c1-12(2)8-18-17(20-10-16(24)21(3)4)19-9-13-7-15(23)22(11-13)14-5-6-14;/h13-14H,1,5-11H2,2-4H3,(H2,18,19,20);1H. The van der Waals surface area contributed by atoms with Crippen LogP contribution in [0.1, 0.15) is 26.2 Å². The van der Waals surface area contributed by atoms with Crippen LogP contribution in [-0.2, 0) is 9.59 Å². The Morgan fingerprint density at radius 2 is 2.04 bits per heavy atom. The number of nitrogens with zero attached hydrogens (tertiary/aromatic N) is 3. The van der Waals surface area contributed by atoms with E-state index in [0.717, 1.165) is 25.0 Å². The summed E-state index contributed by atoms with van der Waals surface area (Å²) >= 11 is 0. The SMILES string of the molecule is C=C(C)CNC(=NCC(=O)N(C)C)NCC1CC(=O)N(C2CC2)C1.I. The summed E-state index contributed by atoms with van der Waals surface area (Å²) in [6.45, 7) is 7.98. The van der Waals surface area contributed by atoms with Crippen LogP contribution < -0.4 is 10.6 Å². The third-order valence-corrected chi connectivity index (χ3v) is 4.21. The van der Waals surface area contributed by atoms with Gasteiger partial charge in [-0.2, -0.15) is 0 Å². The van der Waals surface area contributed by atoms with Crippen LogP contribution in [0.5, 0.6) is 0 Å². The van der Waals surface area contributed by atoms with E-state index in [1.807, 2.05) is 11.8 Å². The molecule has 1 unspecified atom stereocenters. The number of hydrogen-bond donors (Lipinski definition) is 2. The van der Waals surface area contributed by atoms with Crippen molar-refractivity contribution in [1.29, 1.82) is 0 Å². The molecule has 1 aliphatic carbocycles. The Balaban J connectivity index is 0.00000312. The van der Waals surface area contributed by atoms with Crippen LogP contribution in [0, 0.1) is 5.92 Å². The van der Waals surface area contributed by atoms with Crippen molar-refractivity contribution in [2.75, 3.05) is 40.3 Å². The van der Waals surface area contributed by atoms with E-state index in [4.69, 9.17) is 0 Å². The summed E-state index contributed by atoms with van der Waals surface area (Å²) in [4.78, 5) is 31.6. The summed E-state index contributed by atoms with van der Waals surface area (Å²) in [5, 5.41) is 6.42. The molecule has 0 aromatic rings. The Bertz CT molecular complexity index is 531. The number of hydrogen-bond acceptors (Lipinski definition) is 3. The maximum Gasteiger partial charge on any atom is 0.243 e. The predicted molar refractivity (Wildman–Crippen MR) is 110 cm³/mol. The van der Waals surface area contributed by atoms with Crippen molar-refractivity contribution in [2.24, 2.45) is 10.9 Å². The van der Waals surface area contributed by atoms with Crippen molar-refractivity contribution in [2.45, 2.75) is 32.2 Å².